The highest BCUT2D eigenvalue weighted by Crippen LogP contribution is 2.34. The molecule has 0 atom stereocenters. The Morgan fingerprint density at radius 2 is 2.03 bits per heavy atom. The summed E-state index contributed by atoms with van der Waals surface area (Å²) in [5, 5.41) is 6.51. The quantitative estimate of drug-likeness (QED) is 0.134. The Labute approximate surface area is 202 Å². The molecule has 0 unspecified atom stereocenters. The number of hydrogen-bond acceptors (Lipinski definition) is 9. The van der Waals surface area contributed by atoms with Crippen LogP contribution in [0, 0.1) is 3.57 Å². The Bertz CT molecular complexity index is 1120. The summed E-state index contributed by atoms with van der Waals surface area (Å²) in [6, 6.07) is 12.3. The number of esters is 2. The molecule has 3 rings (SSSR count). The normalized spacial score (nSPS) is 10.7. The Morgan fingerprint density at radius 1 is 1.25 bits per heavy atom. The van der Waals surface area contributed by atoms with Crippen LogP contribution in [0.5, 0.6) is 11.5 Å². The number of hydrogen-bond donors (Lipinski definition) is 1. The smallest absolute Gasteiger partial charge is 0.343 e. The maximum atomic E-state index is 12.4. The van der Waals surface area contributed by atoms with Crippen LogP contribution in [0.3, 0.4) is 0 Å². The predicted molar refractivity (Wildman–Crippen MR) is 131 cm³/mol. The number of rotatable bonds is 9. The lowest BCUT2D eigenvalue weighted by atomic mass is 10.2. The molecule has 10 heteroatoms. The molecular formula is C22H20IN3O5S. The van der Waals surface area contributed by atoms with Gasteiger partial charge in [-0.2, -0.15) is 5.10 Å². The van der Waals surface area contributed by atoms with Crippen LogP contribution in [0.2, 0.25) is 0 Å². The molecule has 3 aromatic rings. The molecule has 32 heavy (non-hydrogen) atoms. The molecule has 0 amide bonds. The van der Waals surface area contributed by atoms with Crippen LogP contribution in [0.15, 0.2) is 52.9 Å². The van der Waals surface area contributed by atoms with Crippen LogP contribution < -0.4 is 14.9 Å². The number of halogens is 1. The maximum absolute atomic E-state index is 12.4. The van der Waals surface area contributed by atoms with E-state index < -0.39 is 5.97 Å². The van der Waals surface area contributed by atoms with Gasteiger partial charge >= 0.3 is 11.9 Å². The van der Waals surface area contributed by atoms with Gasteiger partial charge in [0.05, 0.1) is 41.2 Å². The number of carbonyl (C=O) groups excluding carboxylic acids is 2. The Kier molecular flexibility index (Phi) is 8.56. The highest BCUT2D eigenvalue weighted by atomic mass is 127. The zero-order valence-electron chi connectivity index (χ0n) is 17.3. The summed E-state index contributed by atoms with van der Waals surface area (Å²) >= 11 is 3.41. The summed E-state index contributed by atoms with van der Waals surface area (Å²) < 4.78 is 16.6. The van der Waals surface area contributed by atoms with Crippen LogP contribution >= 0.6 is 33.9 Å². The zero-order valence-corrected chi connectivity index (χ0v) is 20.3. The molecule has 0 saturated heterocycles. The standard InChI is InChI=1S/C22H20IN3O5S/c1-3-30-19(27)11-16-13-32-22(25-16)26-24-12-14-9-17(23)20(18(10-14)29-2)31-21(28)15-7-5-4-6-8-15/h4-10,12-13H,3,11H2,1-2H3,(H,25,26). The highest BCUT2D eigenvalue weighted by molar-refractivity contribution is 14.1. The number of hydrazone groups is 1. The first-order chi connectivity index (χ1) is 15.5. The van der Waals surface area contributed by atoms with Gasteiger partial charge in [-0.1, -0.05) is 18.2 Å². The number of carbonyl (C=O) groups is 2. The van der Waals surface area contributed by atoms with Gasteiger partial charge in [0.2, 0.25) is 5.13 Å². The summed E-state index contributed by atoms with van der Waals surface area (Å²) in [7, 11) is 1.51. The van der Waals surface area contributed by atoms with E-state index in [9.17, 15) is 9.59 Å². The summed E-state index contributed by atoms with van der Waals surface area (Å²) in [4.78, 5) is 28.2. The van der Waals surface area contributed by atoms with Gasteiger partial charge in [0.1, 0.15) is 0 Å². The second-order valence-corrected chi connectivity index (χ2v) is 8.31. The van der Waals surface area contributed by atoms with Gasteiger partial charge in [0, 0.05) is 5.38 Å². The summed E-state index contributed by atoms with van der Waals surface area (Å²) in [5.74, 6) is -0.0286. The molecule has 166 valence electrons. The minimum absolute atomic E-state index is 0.119. The number of anilines is 1. The maximum Gasteiger partial charge on any atom is 0.343 e. The summed E-state index contributed by atoms with van der Waals surface area (Å²) in [6.07, 6.45) is 1.72. The molecule has 1 aromatic heterocycles. The van der Waals surface area contributed by atoms with Gasteiger partial charge < -0.3 is 14.2 Å². The van der Waals surface area contributed by atoms with Gasteiger partial charge in [-0.15, -0.1) is 11.3 Å². The average Bonchev–Trinajstić information content (AvgIpc) is 3.22. The third-order valence-electron chi connectivity index (χ3n) is 4.01. The Morgan fingerprint density at radius 3 is 2.75 bits per heavy atom. The highest BCUT2D eigenvalue weighted by Gasteiger charge is 2.16. The molecule has 0 aliphatic heterocycles. The van der Waals surface area contributed by atoms with E-state index in [1.165, 1.54) is 18.4 Å². The molecular weight excluding hydrogens is 545 g/mol. The van der Waals surface area contributed by atoms with E-state index in [1.54, 1.807) is 48.9 Å². The van der Waals surface area contributed by atoms with Crippen molar-refractivity contribution in [2.75, 3.05) is 19.1 Å². The molecule has 1 N–H and O–H groups in total. The van der Waals surface area contributed by atoms with E-state index >= 15 is 0 Å². The van der Waals surface area contributed by atoms with Crippen LogP contribution in [0.25, 0.3) is 0 Å². The Hall–Kier alpha value is -2.99. The van der Waals surface area contributed by atoms with Crippen molar-refractivity contribution in [3.8, 4) is 11.5 Å². The fourth-order valence-electron chi connectivity index (χ4n) is 2.60. The first kappa shape index (κ1) is 23.7. The van der Waals surface area contributed by atoms with E-state index in [4.69, 9.17) is 14.2 Å². The predicted octanol–water partition coefficient (Wildman–Crippen LogP) is 4.53. The number of nitrogens with one attached hydrogen (secondary N) is 1. The molecule has 0 bridgehead atoms. The van der Waals surface area contributed by atoms with E-state index in [0.717, 1.165) is 5.56 Å². The van der Waals surface area contributed by atoms with E-state index in [2.05, 4.69) is 38.1 Å². The molecule has 0 aliphatic carbocycles. The van der Waals surface area contributed by atoms with Gasteiger partial charge in [0.15, 0.2) is 11.5 Å². The monoisotopic (exact) mass is 565 g/mol. The van der Waals surface area contributed by atoms with E-state index in [-0.39, 0.29) is 12.4 Å². The lowest BCUT2D eigenvalue weighted by Gasteiger charge is -2.12. The topological polar surface area (TPSA) is 99.1 Å². The second-order valence-electron chi connectivity index (χ2n) is 6.29. The number of benzene rings is 2. The van der Waals surface area contributed by atoms with Crippen molar-refractivity contribution in [1.29, 1.82) is 0 Å². The molecule has 1 heterocycles. The first-order valence-electron chi connectivity index (χ1n) is 9.54. The third-order valence-corrected chi connectivity index (χ3v) is 5.61. The van der Waals surface area contributed by atoms with Crippen LogP contribution in [0.1, 0.15) is 28.5 Å². The van der Waals surface area contributed by atoms with Crippen molar-refractivity contribution in [2.24, 2.45) is 5.10 Å². The number of aromatic nitrogens is 1. The largest absolute Gasteiger partial charge is 0.493 e. The second kappa shape index (κ2) is 11.6. The first-order valence-corrected chi connectivity index (χ1v) is 11.5. The Balaban J connectivity index is 1.67. The van der Waals surface area contributed by atoms with E-state index in [1.807, 2.05) is 12.1 Å². The fraction of sp³-hybridized carbons (Fsp3) is 0.182. The molecule has 0 saturated carbocycles. The molecule has 0 spiro atoms. The lowest BCUT2D eigenvalue weighted by Crippen LogP contribution is -2.10. The minimum Gasteiger partial charge on any atom is -0.493 e. The fourth-order valence-corrected chi connectivity index (χ4v) is 4.00. The molecule has 0 radical (unpaired) electrons. The van der Waals surface area contributed by atoms with Crippen LogP contribution in [-0.4, -0.2) is 36.9 Å². The van der Waals surface area contributed by atoms with Crippen molar-refractivity contribution in [3.63, 3.8) is 0 Å². The van der Waals surface area contributed by atoms with Crippen molar-refractivity contribution in [1.82, 2.24) is 4.98 Å². The minimum atomic E-state index is -0.465. The van der Waals surface area contributed by atoms with Gasteiger partial charge in [-0.05, 0) is 59.3 Å². The summed E-state index contributed by atoms with van der Waals surface area (Å²) in [6.45, 7) is 2.10. The number of thiazole rings is 1. The zero-order chi connectivity index (χ0) is 22.9. The van der Waals surface area contributed by atoms with Crippen molar-refractivity contribution >= 4 is 57.2 Å². The van der Waals surface area contributed by atoms with Gasteiger partial charge in [-0.3, -0.25) is 10.2 Å². The van der Waals surface area contributed by atoms with Crippen molar-refractivity contribution < 1.29 is 23.8 Å². The summed E-state index contributed by atoms with van der Waals surface area (Å²) in [5.41, 5.74) is 4.65. The van der Waals surface area contributed by atoms with Gasteiger partial charge in [-0.25, -0.2) is 9.78 Å². The van der Waals surface area contributed by atoms with Crippen LogP contribution in [0.4, 0.5) is 5.13 Å². The van der Waals surface area contributed by atoms with E-state index in [0.29, 0.717) is 38.1 Å². The SMILES string of the molecule is CCOC(=O)Cc1csc(NN=Cc2cc(I)c(OC(=O)c3ccccc3)c(OC)c2)n1. The van der Waals surface area contributed by atoms with Crippen molar-refractivity contribution in [2.45, 2.75) is 13.3 Å². The van der Waals surface area contributed by atoms with Gasteiger partial charge in [0.25, 0.3) is 0 Å². The van der Waals surface area contributed by atoms with Crippen LogP contribution in [-0.2, 0) is 16.0 Å². The molecule has 2 aromatic carbocycles. The molecule has 0 aliphatic rings. The van der Waals surface area contributed by atoms with Crippen molar-refractivity contribution in [3.05, 3.63) is 68.2 Å². The lowest BCUT2D eigenvalue weighted by molar-refractivity contribution is -0.142. The average molecular weight is 565 g/mol. The number of methoxy groups -OCH3 is 1. The number of nitrogens with zero attached hydrogens (tertiary/aromatic N) is 2. The third kappa shape index (κ3) is 6.50. The molecule has 0 fully saturated rings. The number of ether oxygens (including phenoxy) is 3. The molecule has 8 nitrogen and oxygen atoms in total.